The molecule has 0 bridgehead atoms. The van der Waals surface area contributed by atoms with Crippen LogP contribution in [0.4, 0.5) is 29.1 Å². The van der Waals surface area contributed by atoms with Gasteiger partial charge in [-0.15, -0.1) is 13.2 Å². The van der Waals surface area contributed by atoms with E-state index in [0.29, 0.717) is 11.7 Å². The molecule has 0 aliphatic heterocycles. The lowest BCUT2D eigenvalue weighted by Gasteiger charge is -2.17. The molecule has 0 spiro atoms. The fourth-order valence-electron chi connectivity index (χ4n) is 3.35. The first-order chi connectivity index (χ1) is 16.2. The number of aliphatic imine (C=N–C) groups is 1. The van der Waals surface area contributed by atoms with Crippen LogP contribution in [0.3, 0.4) is 0 Å². The first-order valence-electron chi connectivity index (χ1n) is 11.3. The number of benzene rings is 1. The molecule has 0 fully saturated rings. The van der Waals surface area contributed by atoms with Crippen molar-refractivity contribution in [2.75, 3.05) is 12.4 Å². The summed E-state index contributed by atoms with van der Waals surface area (Å²) >= 11 is 0. The number of rotatable bonds is 11. The number of ether oxygens (including phenoxy) is 2. The lowest BCUT2D eigenvalue weighted by atomic mass is 9.99. The molecule has 1 N–H and O–H groups in total. The average Bonchev–Trinajstić information content (AvgIpc) is 2.79. The standard InChI is InChI=1S/C25H31F4N3O2/c1-5-8-10-17(7-3)24(33-4)32-21(9-6-2)18-11-14-23(30-16-18)31-19-12-13-22(20(26)15-19)34-25(27,28)29/h9,11-17H,5-8,10H2,1-4H3,(H,30,31)/b21-9+,32-24?/t17-/m0/s1. The molecule has 0 saturated heterocycles. The molecule has 0 aliphatic carbocycles. The topological polar surface area (TPSA) is 55.7 Å². The predicted molar refractivity (Wildman–Crippen MR) is 127 cm³/mol. The van der Waals surface area contributed by atoms with Gasteiger partial charge >= 0.3 is 6.36 Å². The van der Waals surface area contributed by atoms with Crippen molar-refractivity contribution in [1.82, 2.24) is 4.98 Å². The maximum absolute atomic E-state index is 13.9. The number of nitrogens with zero attached hydrogens (tertiary/aromatic N) is 2. The highest BCUT2D eigenvalue weighted by Gasteiger charge is 2.32. The van der Waals surface area contributed by atoms with Crippen LogP contribution < -0.4 is 10.1 Å². The van der Waals surface area contributed by atoms with Crippen molar-refractivity contribution in [3.05, 3.63) is 54.0 Å². The number of pyridine rings is 1. The third kappa shape index (κ3) is 8.35. The van der Waals surface area contributed by atoms with E-state index in [4.69, 9.17) is 9.73 Å². The van der Waals surface area contributed by atoms with Crippen molar-refractivity contribution in [3.8, 4) is 5.75 Å². The number of anilines is 2. The van der Waals surface area contributed by atoms with E-state index < -0.39 is 17.9 Å². The van der Waals surface area contributed by atoms with E-state index in [2.05, 4.69) is 28.9 Å². The summed E-state index contributed by atoms with van der Waals surface area (Å²) < 4.78 is 60.1. The van der Waals surface area contributed by atoms with E-state index >= 15 is 0 Å². The predicted octanol–water partition coefficient (Wildman–Crippen LogP) is 7.88. The molecule has 0 radical (unpaired) electrons. The van der Waals surface area contributed by atoms with Crippen LogP contribution in [0.1, 0.15) is 58.4 Å². The molecule has 0 amide bonds. The Bertz CT molecular complexity index is 973. The molecule has 0 aliphatic rings. The maximum atomic E-state index is 13.9. The summed E-state index contributed by atoms with van der Waals surface area (Å²) in [5, 5.41) is 2.87. The zero-order valence-corrected chi connectivity index (χ0v) is 19.9. The third-order valence-corrected chi connectivity index (χ3v) is 5.07. The van der Waals surface area contributed by atoms with Gasteiger partial charge in [0.1, 0.15) is 5.82 Å². The fourth-order valence-corrected chi connectivity index (χ4v) is 3.35. The van der Waals surface area contributed by atoms with Gasteiger partial charge in [0.25, 0.3) is 0 Å². The third-order valence-electron chi connectivity index (χ3n) is 5.07. The highest BCUT2D eigenvalue weighted by Crippen LogP contribution is 2.29. The number of nitrogens with one attached hydrogen (secondary N) is 1. The summed E-state index contributed by atoms with van der Waals surface area (Å²) in [6, 6.07) is 6.60. The number of unbranched alkanes of at least 4 members (excludes halogenated alkanes) is 1. The van der Waals surface area contributed by atoms with Crippen LogP contribution in [-0.2, 0) is 4.74 Å². The van der Waals surface area contributed by atoms with Crippen LogP contribution >= 0.6 is 0 Å². The van der Waals surface area contributed by atoms with Crippen molar-refractivity contribution >= 4 is 23.1 Å². The van der Waals surface area contributed by atoms with Crippen molar-refractivity contribution in [3.63, 3.8) is 0 Å². The fraction of sp³-hybridized carbons (Fsp3) is 0.440. The number of hydrogen-bond donors (Lipinski definition) is 1. The Morgan fingerprint density at radius 2 is 1.94 bits per heavy atom. The van der Waals surface area contributed by atoms with E-state index in [0.717, 1.165) is 55.5 Å². The Morgan fingerprint density at radius 1 is 1.18 bits per heavy atom. The molecule has 1 aromatic heterocycles. The van der Waals surface area contributed by atoms with Gasteiger partial charge in [-0.25, -0.2) is 14.4 Å². The average molecular weight is 482 g/mol. The minimum Gasteiger partial charge on any atom is -0.484 e. The first-order valence-corrected chi connectivity index (χ1v) is 11.3. The highest BCUT2D eigenvalue weighted by molar-refractivity contribution is 5.85. The molecule has 2 rings (SSSR count). The van der Waals surface area contributed by atoms with Gasteiger partial charge in [-0.1, -0.05) is 39.7 Å². The van der Waals surface area contributed by atoms with Crippen LogP contribution in [-0.4, -0.2) is 24.4 Å². The zero-order chi connectivity index (χ0) is 25.1. The molecule has 1 atom stereocenters. The molecule has 34 heavy (non-hydrogen) atoms. The highest BCUT2D eigenvalue weighted by atomic mass is 19.4. The van der Waals surface area contributed by atoms with E-state index in [1.54, 1.807) is 19.4 Å². The molecule has 9 heteroatoms. The number of halogens is 4. The van der Waals surface area contributed by atoms with Crippen molar-refractivity contribution in [1.29, 1.82) is 0 Å². The van der Waals surface area contributed by atoms with E-state index in [1.807, 2.05) is 19.1 Å². The summed E-state index contributed by atoms with van der Waals surface area (Å²) in [4.78, 5) is 9.12. The Balaban J connectivity index is 2.20. The smallest absolute Gasteiger partial charge is 0.484 e. The summed E-state index contributed by atoms with van der Waals surface area (Å²) in [5.74, 6) is -0.712. The summed E-state index contributed by atoms with van der Waals surface area (Å²) in [6.07, 6.45) is 3.56. The van der Waals surface area contributed by atoms with Gasteiger partial charge in [0, 0.05) is 29.4 Å². The molecule has 0 saturated carbocycles. The molecular formula is C25H31F4N3O2. The minimum atomic E-state index is -4.96. The lowest BCUT2D eigenvalue weighted by Crippen LogP contribution is -2.17. The van der Waals surface area contributed by atoms with Gasteiger partial charge < -0.3 is 14.8 Å². The van der Waals surface area contributed by atoms with E-state index in [-0.39, 0.29) is 11.6 Å². The molecule has 186 valence electrons. The second-order valence-electron chi connectivity index (χ2n) is 7.65. The van der Waals surface area contributed by atoms with Crippen LogP contribution in [0.2, 0.25) is 0 Å². The van der Waals surface area contributed by atoms with Crippen LogP contribution in [0.15, 0.2) is 47.6 Å². The SMILES string of the molecule is CC/C=C(/N=C(OC)[C@@H](CC)CCCC)c1ccc(Nc2ccc(OC(F)(F)F)c(F)c2)nc1. The second-order valence-corrected chi connectivity index (χ2v) is 7.65. The Hall–Kier alpha value is -3.10. The van der Waals surface area contributed by atoms with Gasteiger partial charge in [0.05, 0.1) is 12.8 Å². The normalized spacial score (nSPS) is 13.5. The Morgan fingerprint density at radius 3 is 2.47 bits per heavy atom. The number of aromatic nitrogens is 1. The molecule has 1 aromatic carbocycles. The number of alkyl halides is 3. The molecule has 2 aromatic rings. The Labute approximate surface area is 197 Å². The molecule has 0 unspecified atom stereocenters. The summed E-state index contributed by atoms with van der Waals surface area (Å²) in [7, 11) is 1.63. The largest absolute Gasteiger partial charge is 0.573 e. The van der Waals surface area contributed by atoms with Crippen molar-refractivity contribution < 1.29 is 27.0 Å². The van der Waals surface area contributed by atoms with Gasteiger partial charge in [-0.2, -0.15) is 0 Å². The van der Waals surface area contributed by atoms with Gasteiger partial charge in [-0.3, -0.25) is 0 Å². The minimum absolute atomic E-state index is 0.234. The van der Waals surface area contributed by atoms with Crippen LogP contribution in [0.25, 0.3) is 5.70 Å². The van der Waals surface area contributed by atoms with E-state index in [1.165, 1.54) is 6.07 Å². The van der Waals surface area contributed by atoms with Crippen LogP contribution in [0.5, 0.6) is 5.75 Å². The summed E-state index contributed by atoms with van der Waals surface area (Å²) in [6.45, 7) is 6.28. The maximum Gasteiger partial charge on any atom is 0.573 e. The molecule has 5 nitrogen and oxygen atoms in total. The molecule has 1 heterocycles. The molecular weight excluding hydrogens is 450 g/mol. The number of allylic oxidation sites excluding steroid dienone is 1. The summed E-state index contributed by atoms with van der Waals surface area (Å²) in [5.41, 5.74) is 1.76. The van der Waals surface area contributed by atoms with Crippen molar-refractivity contribution in [2.45, 2.75) is 59.2 Å². The number of hydrogen-bond acceptors (Lipinski definition) is 5. The number of methoxy groups -OCH3 is 1. The second kappa shape index (κ2) is 13.0. The van der Waals surface area contributed by atoms with Gasteiger partial charge in [0.2, 0.25) is 0 Å². The zero-order valence-electron chi connectivity index (χ0n) is 19.9. The first kappa shape index (κ1) is 27.1. The van der Waals surface area contributed by atoms with Crippen molar-refractivity contribution in [2.24, 2.45) is 10.9 Å². The quantitative estimate of drug-likeness (QED) is 0.202. The lowest BCUT2D eigenvalue weighted by molar-refractivity contribution is -0.275. The van der Waals surface area contributed by atoms with Gasteiger partial charge in [0.15, 0.2) is 17.5 Å². The monoisotopic (exact) mass is 481 g/mol. The Kier molecular flexibility index (Phi) is 10.3. The van der Waals surface area contributed by atoms with Gasteiger partial charge in [-0.05, 0) is 43.5 Å². The van der Waals surface area contributed by atoms with E-state index in [9.17, 15) is 17.6 Å². The van der Waals surface area contributed by atoms with Crippen LogP contribution in [0, 0.1) is 11.7 Å².